The molecule has 3 heteroatoms. The molecule has 2 atom stereocenters. The Kier molecular flexibility index (Phi) is 3.55. The van der Waals surface area contributed by atoms with E-state index in [0.29, 0.717) is 12.5 Å². The average molecular weight is 216 g/mol. The van der Waals surface area contributed by atoms with Crippen molar-refractivity contribution in [2.24, 2.45) is 11.7 Å². The van der Waals surface area contributed by atoms with E-state index in [-0.39, 0.29) is 6.04 Å². The Balaban J connectivity index is 2.11. The molecule has 84 valence electrons. The quantitative estimate of drug-likeness (QED) is 0.814. The lowest BCUT2D eigenvalue weighted by molar-refractivity contribution is 0.0422. The third kappa shape index (κ3) is 2.41. The maximum Gasteiger partial charge on any atom is 0.0994 e. The number of rotatable bonds is 2. The summed E-state index contributed by atoms with van der Waals surface area (Å²) in [5.41, 5.74) is 7.89. The maximum atomic E-state index is 9.00. The molecular formula is C13H16N2O. The lowest BCUT2D eigenvalue weighted by Gasteiger charge is -2.28. The van der Waals surface area contributed by atoms with E-state index in [9.17, 15) is 0 Å². The van der Waals surface area contributed by atoms with E-state index in [4.69, 9.17) is 15.7 Å². The Hall–Kier alpha value is -1.37. The number of nitrogens with zero attached hydrogens (tertiary/aromatic N) is 1. The van der Waals surface area contributed by atoms with E-state index in [0.717, 1.165) is 30.6 Å². The van der Waals surface area contributed by atoms with Crippen molar-refractivity contribution in [3.8, 4) is 6.07 Å². The van der Waals surface area contributed by atoms with Crippen molar-refractivity contribution >= 4 is 0 Å². The molecule has 1 aromatic rings. The van der Waals surface area contributed by atoms with Crippen molar-refractivity contribution in [1.29, 1.82) is 5.26 Å². The lowest BCUT2D eigenvalue weighted by Crippen LogP contribution is -2.39. The Bertz CT molecular complexity index is 397. The molecule has 2 N–H and O–H groups in total. The van der Waals surface area contributed by atoms with Crippen LogP contribution in [-0.4, -0.2) is 19.3 Å². The maximum absolute atomic E-state index is 9.00. The Morgan fingerprint density at radius 3 is 3.00 bits per heavy atom. The molecule has 0 bridgehead atoms. The molecule has 1 aliphatic rings. The molecule has 2 rings (SSSR count). The molecule has 1 heterocycles. The molecular weight excluding hydrogens is 200 g/mol. The molecule has 0 radical (unpaired) electrons. The summed E-state index contributed by atoms with van der Waals surface area (Å²) in [6, 6.07) is 10.1. The van der Waals surface area contributed by atoms with Gasteiger partial charge in [-0.15, -0.1) is 0 Å². The van der Waals surface area contributed by atoms with Crippen molar-refractivity contribution < 1.29 is 4.74 Å². The van der Waals surface area contributed by atoms with Crippen molar-refractivity contribution in [1.82, 2.24) is 0 Å². The molecule has 0 unspecified atom stereocenters. The number of benzene rings is 1. The second-order valence-electron chi connectivity index (χ2n) is 4.26. The molecule has 0 spiro atoms. The molecule has 16 heavy (non-hydrogen) atoms. The van der Waals surface area contributed by atoms with Gasteiger partial charge >= 0.3 is 0 Å². The third-order valence-electron chi connectivity index (χ3n) is 3.15. The minimum atomic E-state index is 0.195. The van der Waals surface area contributed by atoms with Crippen LogP contribution in [0.1, 0.15) is 17.5 Å². The molecule has 0 amide bonds. The second-order valence-corrected chi connectivity index (χ2v) is 4.26. The third-order valence-corrected chi connectivity index (χ3v) is 3.15. The van der Waals surface area contributed by atoms with E-state index in [1.807, 2.05) is 24.3 Å². The van der Waals surface area contributed by atoms with Gasteiger partial charge in [-0.05, 0) is 24.5 Å². The number of nitrogens with two attached hydrogens (primary N) is 1. The highest BCUT2D eigenvalue weighted by atomic mass is 16.5. The van der Waals surface area contributed by atoms with Gasteiger partial charge in [-0.25, -0.2) is 0 Å². The predicted octanol–water partition coefficient (Wildman–Crippen LogP) is 1.46. The summed E-state index contributed by atoms with van der Waals surface area (Å²) in [7, 11) is 0. The molecule has 0 aliphatic carbocycles. The van der Waals surface area contributed by atoms with Gasteiger partial charge in [0, 0.05) is 18.6 Å². The number of nitriles is 1. The van der Waals surface area contributed by atoms with Gasteiger partial charge in [0.15, 0.2) is 0 Å². The number of hydrogen-bond donors (Lipinski definition) is 1. The van der Waals surface area contributed by atoms with E-state index in [1.165, 1.54) is 0 Å². The van der Waals surface area contributed by atoms with Crippen LogP contribution in [0.5, 0.6) is 0 Å². The highest BCUT2D eigenvalue weighted by Gasteiger charge is 2.23. The molecule has 0 aromatic heterocycles. The van der Waals surface area contributed by atoms with Crippen LogP contribution >= 0.6 is 0 Å². The summed E-state index contributed by atoms with van der Waals surface area (Å²) < 4.78 is 5.44. The summed E-state index contributed by atoms with van der Waals surface area (Å²) >= 11 is 0. The van der Waals surface area contributed by atoms with Crippen LogP contribution in [0.15, 0.2) is 24.3 Å². The van der Waals surface area contributed by atoms with Crippen LogP contribution in [0.3, 0.4) is 0 Å². The minimum absolute atomic E-state index is 0.195. The minimum Gasteiger partial charge on any atom is -0.381 e. The van der Waals surface area contributed by atoms with Crippen LogP contribution in [0, 0.1) is 17.2 Å². The SMILES string of the molecule is N#Cc1ccccc1C[C@H]1COCC[C@H]1N. The van der Waals surface area contributed by atoms with Crippen LogP contribution in [0.2, 0.25) is 0 Å². The van der Waals surface area contributed by atoms with E-state index in [2.05, 4.69) is 6.07 Å². The van der Waals surface area contributed by atoms with Gasteiger partial charge in [0.2, 0.25) is 0 Å². The molecule has 1 aliphatic heterocycles. The van der Waals surface area contributed by atoms with Gasteiger partial charge in [0.1, 0.15) is 0 Å². The number of ether oxygens (including phenoxy) is 1. The first kappa shape index (κ1) is 11.1. The zero-order chi connectivity index (χ0) is 11.4. The van der Waals surface area contributed by atoms with Gasteiger partial charge < -0.3 is 10.5 Å². The number of hydrogen-bond acceptors (Lipinski definition) is 3. The van der Waals surface area contributed by atoms with E-state index < -0.39 is 0 Å². The van der Waals surface area contributed by atoms with Crippen LogP contribution in [0.25, 0.3) is 0 Å². The smallest absolute Gasteiger partial charge is 0.0994 e. The largest absolute Gasteiger partial charge is 0.381 e. The fraction of sp³-hybridized carbons (Fsp3) is 0.462. The first-order chi connectivity index (χ1) is 7.81. The van der Waals surface area contributed by atoms with Gasteiger partial charge in [-0.1, -0.05) is 18.2 Å². The van der Waals surface area contributed by atoms with Crippen molar-refractivity contribution in [2.75, 3.05) is 13.2 Å². The van der Waals surface area contributed by atoms with Crippen molar-refractivity contribution in [3.63, 3.8) is 0 Å². The average Bonchev–Trinajstić information content (AvgIpc) is 2.33. The Morgan fingerprint density at radius 2 is 2.25 bits per heavy atom. The van der Waals surface area contributed by atoms with Crippen molar-refractivity contribution in [3.05, 3.63) is 35.4 Å². The standard InChI is InChI=1S/C13H16N2O/c14-8-11-4-2-1-3-10(11)7-12-9-16-6-5-13(12)15/h1-4,12-13H,5-7,9,15H2/t12-,13+/m0/s1. The highest BCUT2D eigenvalue weighted by molar-refractivity contribution is 5.37. The molecule has 1 aromatic carbocycles. The Morgan fingerprint density at radius 1 is 1.44 bits per heavy atom. The van der Waals surface area contributed by atoms with Crippen LogP contribution in [0.4, 0.5) is 0 Å². The van der Waals surface area contributed by atoms with Crippen molar-refractivity contribution in [2.45, 2.75) is 18.9 Å². The van der Waals surface area contributed by atoms with E-state index >= 15 is 0 Å². The first-order valence-electron chi connectivity index (χ1n) is 5.62. The molecule has 0 saturated carbocycles. The summed E-state index contributed by atoms with van der Waals surface area (Å²) in [6.45, 7) is 1.47. The monoisotopic (exact) mass is 216 g/mol. The molecule has 1 fully saturated rings. The first-order valence-corrected chi connectivity index (χ1v) is 5.62. The van der Waals surface area contributed by atoms with E-state index in [1.54, 1.807) is 0 Å². The predicted molar refractivity (Wildman–Crippen MR) is 61.8 cm³/mol. The normalized spacial score (nSPS) is 25.0. The summed E-state index contributed by atoms with van der Waals surface area (Å²) in [5, 5.41) is 9.00. The summed E-state index contributed by atoms with van der Waals surface area (Å²) in [5.74, 6) is 0.336. The Labute approximate surface area is 95.8 Å². The zero-order valence-electron chi connectivity index (χ0n) is 9.23. The fourth-order valence-corrected chi connectivity index (χ4v) is 2.11. The van der Waals surface area contributed by atoms with Crippen LogP contribution < -0.4 is 5.73 Å². The molecule has 3 nitrogen and oxygen atoms in total. The summed E-state index contributed by atoms with van der Waals surface area (Å²) in [6.07, 6.45) is 1.75. The summed E-state index contributed by atoms with van der Waals surface area (Å²) in [4.78, 5) is 0. The van der Waals surface area contributed by atoms with Gasteiger partial charge in [0.25, 0.3) is 0 Å². The van der Waals surface area contributed by atoms with Gasteiger partial charge in [-0.3, -0.25) is 0 Å². The van der Waals surface area contributed by atoms with Gasteiger partial charge in [-0.2, -0.15) is 5.26 Å². The fourth-order valence-electron chi connectivity index (χ4n) is 2.11. The zero-order valence-corrected chi connectivity index (χ0v) is 9.23. The van der Waals surface area contributed by atoms with Crippen LogP contribution in [-0.2, 0) is 11.2 Å². The van der Waals surface area contributed by atoms with Gasteiger partial charge in [0.05, 0.1) is 18.2 Å². The highest BCUT2D eigenvalue weighted by Crippen LogP contribution is 2.20. The topological polar surface area (TPSA) is 59.0 Å². The second kappa shape index (κ2) is 5.11. The molecule has 1 saturated heterocycles. The lowest BCUT2D eigenvalue weighted by atomic mass is 9.88.